The van der Waals surface area contributed by atoms with Gasteiger partial charge in [0.2, 0.25) is 5.89 Å². The number of hydrogen-bond donors (Lipinski definition) is 1. The maximum absolute atomic E-state index is 5.43. The van der Waals surface area contributed by atoms with Crippen LogP contribution >= 0.6 is 0 Å². The van der Waals surface area contributed by atoms with Gasteiger partial charge in [0, 0.05) is 20.3 Å². The Labute approximate surface area is 89.8 Å². The van der Waals surface area contributed by atoms with E-state index in [2.05, 4.69) is 10.3 Å². The fourth-order valence-corrected chi connectivity index (χ4v) is 1.07. The van der Waals surface area contributed by atoms with Crippen LogP contribution in [-0.4, -0.2) is 31.9 Å². The van der Waals surface area contributed by atoms with Crippen molar-refractivity contribution in [3.63, 3.8) is 0 Å². The SMILES string of the molecule is CCOCc1cnc(CNCCOC)o1. The molecule has 1 heterocycles. The smallest absolute Gasteiger partial charge is 0.208 e. The van der Waals surface area contributed by atoms with Crippen molar-refractivity contribution in [3.8, 4) is 0 Å². The third-order valence-electron chi connectivity index (χ3n) is 1.81. The summed E-state index contributed by atoms with van der Waals surface area (Å²) in [5.41, 5.74) is 0. The first kappa shape index (κ1) is 12.2. The summed E-state index contributed by atoms with van der Waals surface area (Å²) < 4.78 is 15.5. The molecule has 0 unspecified atom stereocenters. The number of nitrogens with one attached hydrogen (secondary N) is 1. The largest absolute Gasteiger partial charge is 0.442 e. The molecule has 0 amide bonds. The van der Waals surface area contributed by atoms with Gasteiger partial charge in [-0.3, -0.25) is 0 Å². The molecule has 0 aliphatic carbocycles. The normalized spacial score (nSPS) is 10.8. The highest BCUT2D eigenvalue weighted by Crippen LogP contribution is 2.04. The zero-order chi connectivity index (χ0) is 10.9. The highest BCUT2D eigenvalue weighted by atomic mass is 16.5. The lowest BCUT2D eigenvalue weighted by atomic mass is 10.5. The van der Waals surface area contributed by atoms with Gasteiger partial charge in [-0.05, 0) is 6.92 Å². The van der Waals surface area contributed by atoms with Gasteiger partial charge >= 0.3 is 0 Å². The summed E-state index contributed by atoms with van der Waals surface area (Å²) in [5, 5.41) is 3.15. The van der Waals surface area contributed by atoms with Crippen LogP contribution in [0.5, 0.6) is 0 Å². The standard InChI is InChI=1S/C10H18N2O3/c1-3-14-8-9-6-12-10(15-9)7-11-4-5-13-2/h6,11H,3-5,7-8H2,1-2H3. The first-order chi connectivity index (χ1) is 7.36. The number of methoxy groups -OCH3 is 1. The highest BCUT2D eigenvalue weighted by Gasteiger charge is 2.02. The molecular weight excluding hydrogens is 196 g/mol. The molecule has 5 heteroatoms. The summed E-state index contributed by atoms with van der Waals surface area (Å²) >= 11 is 0. The first-order valence-corrected chi connectivity index (χ1v) is 5.07. The molecule has 0 fully saturated rings. The van der Waals surface area contributed by atoms with Crippen LogP contribution in [0.1, 0.15) is 18.6 Å². The van der Waals surface area contributed by atoms with Crippen LogP contribution in [0, 0.1) is 0 Å². The Morgan fingerprint density at radius 3 is 3.13 bits per heavy atom. The molecule has 0 spiro atoms. The van der Waals surface area contributed by atoms with Crippen molar-refractivity contribution in [2.24, 2.45) is 0 Å². The molecule has 0 atom stereocenters. The van der Waals surface area contributed by atoms with Crippen molar-refractivity contribution >= 4 is 0 Å². The second-order valence-electron chi connectivity index (χ2n) is 3.03. The van der Waals surface area contributed by atoms with Crippen molar-refractivity contribution in [2.75, 3.05) is 26.9 Å². The lowest BCUT2D eigenvalue weighted by Crippen LogP contribution is -2.18. The zero-order valence-corrected chi connectivity index (χ0v) is 9.28. The number of oxazole rings is 1. The van der Waals surface area contributed by atoms with Gasteiger partial charge in [0.05, 0.1) is 19.3 Å². The number of nitrogens with zero attached hydrogens (tertiary/aromatic N) is 1. The Morgan fingerprint density at radius 1 is 1.53 bits per heavy atom. The third kappa shape index (κ3) is 4.92. The van der Waals surface area contributed by atoms with Gasteiger partial charge in [-0.2, -0.15) is 0 Å². The van der Waals surface area contributed by atoms with Crippen LogP contribution in [0.3, 0.4) is 0 Å². The summed E-state index contributed by atoms with van der Waals surface area (Å²) in [5.74, 6) is 1.45. The van der Waals surface area contributed by atoms with E-state index in [1.54, 1.807) is 13.3 Å². The fourth-order valence-electron chi connectivity index (χ4n) is 1.07. The molecule has 1 N–H and O–H groups in total. The average molecular weight is 214 g/mol. The molecule has 0 aliphatic rings. The van der Waals surface area contributed by atoms with Gasteiger partial charge in [0.25, 0.3) is 0 Å². The predicted octanol–water partition coefficient (Wildman–Crippen LogP) is 0.947. The van der Waals surface area contributed by atoms with Gasteiger partial charge in [-0.15, -0.1) is 0 Å². The summed E-state index contributed by atoms with van der Waals surface area (Å²) in [6.07, 6.45) is 1.70. The van der Waals surface area contributed by atoms with Crippen LogP contribution < -0.4 is 5.32 Å². The minimum atomic E-state index is 0.488. The summed E-state index contributed by atoms with van der Waals surface area (Å²) in [6.45, 7) is 5.22. The zero-order valence-electron chi connectivity index (χ0n) is 9.28. The predicted molar refractivity (Wildman–Crippen MR) is 55.4 cm³/mol. The van der Waals surface area contributed by atoms with E-state index < -0.39 is 0 Å². The molecule has 0 bridgehead atoms. The average Bonchev–Trinajstić information content (AvgIpc) is 2.69. The minimum Gasteiger partial charge on any atom is -0.442 e. The van der Waals surface area contributed by atoms with Crippen LogP contribution in [-0.2, 0) is 22.6 Å². The number of rotatable bonds is 8. The monoisotopic (exact) mass is 214 g/mol. The quantitative estimate of drug-likeness (QED) is 0.653. The summed E-state index contributed by atoms with van der Waals surface area (Å²) in [4.78, 5) is 4.12. The first-order valence-electron chi connectivity index (χ1n) is 5.07. The van der Waals surface area contributed by atoms with Crippen LogP contribution in [0.25, 0.3) is 0 Å². The van der Waals surface area contributed by atoms with Crippen molar-refractivity contribution in [1.29, 1.82) is 0 Å². The Morgan fingerprint density at radius 2 is 2.40 bits per heavy atom. The molecule has 86 valence electrons. The van der Waals surface area contributed by atoms with E-state index in [0.717, 1.165) is 12.3 Å². The lowest BCUT2D eigenvalue weighted by molar-refractivity contribution is 0.117. The summed E-state index contributed by atoms with van der Waals surface area (Å²) in [6, 6.07) is 0. The van der Waals surface area contributed by atoms with Gasteiger partial charge in [0.15, 0.2) is 0 Å². The fraction of sp³-hybridized carbons (Fsp3) is 0.700. The van der Waals surface area contributed by atoms with E-state index in [4.69, 9.17) is 13.9 Å². The molecular formula is C10H18N2O3. The van der Waals surface area contributed by atoms with Crippen molar-refractivity contribution in [1.82, 2.24) is 10.3 Å². The molecule has 1 aromatic heterocycles. The van der Waals surface area contributed by atoms with Crippen molar-refractivity contribution < 1.29 is 13.9 Å². The molecule has 0 radical (unpaired) electrons. The van der Waals surface area contributed by atoms with E-state index >= 15 is 0 Å². The maximum Gasteiger partial charge on any atom is 0.208 e. The Hall–Kier alpha value is -0.910. The van der Waals surface area contributed by atoms with Crippen molar-refractivity contribution in [3.05, 3.63) is 17.8 Å². The molecule has 15 heavy (non-hydrogen) atoms. The van der Waals surface area contributed by atoms with E-state index in [0.29, 0.717) is 32.3 Å². The Bertz CT molecular complexity index is 263. The molecule has 5 nitrogen and oxygen atoms in total. The molecule has 0 saturated heterocycles. The molecule has 0 aromatic carbocycles. The molecule has 0 aliphatic heterocycles. The van der Waals surface area contributed by atoms with Gasteiger partial charge < -0.3 is 19.2 Å². The number of ether oxygens (including phenoxy) is 2. The third-order valence-corrected chi connectivity index (χ3v) is 1.81. The van der Waals surface area contributed by atoms with E-state index in [1.165, 1.54) is 0 Å². The maximum atomic E-state index is 5.43. The minimum absolute atomic E-state index is 0.488. The topological polar surface area (TPSA) is 56.5 Å². The molecule has 1 rings (SSSR count). The van der Waals surface area contributed by atoms with E-state index in [-0.39, 0.29) is 0 Å². The van der Waals surface area contributed by atoms with E-state index in [1.807, 2.05) is 6.92 Å². The van der Waals surface area contributed by atoms with Crippen LogP contribution in [0.2, 0.25) is 0 Å². The lowest BCUT2D eigenvalue weighted by Gasteiger charge is -2.00. The van der Waals surface area contributed by atoms with E-state index in [9.17, 15) is 0 Å². The second-order valence-corrected chi connectivity index (χ2v) is 3.03. The second kappa shape index (κ2) is 7.39. The van der Waals surface area contributed by atoms with Gasteiger partial charge in [-0.25, -0.2) is 4.98 Å². The number of aromatic nitrogens is 1. The highest BCUT2D eigenvalue weighted by molar-refractivity contribution is 4.92. The van der Waals surface area contributed by atoms with Crippen molar-refractivity contribution in [2.45, 2.75) is 20.1 Å². The molecule has 0 saturated carbocycles. The van der Waals surface area contributed by atoms with Gasteiger partial charge in [-0.1, -0.05) is 0 Å². The Kier molecular flexibility index (Phi) is 5.99. The number of hydrogen-bond acceptors (Lipinski definition) is 5. The molecule has 1 aromatic rings. The van der Waals surface area contributed by atoms with Gasteiger partial charge in [0.1, 0.15) is 12.4 Å². The van der Waals surface area contributed by atoms with Crippen LogP contribution in [0.4, 0.5) is 0 Å². The summed E-state index contributed by atoms with van der Waals surface area (Å²) in [7, 11) is 1.67. The van der Waals surface area contributed by atoms with Crippen LogP contribution in [0.15, 0.2) is 10.6 Å². The Balaban J connectivity index is 2.20.